The summed E-state index contributed by atoms with van der Waals surface area (Å²) in [6, 6.07) is 7.26. The highest BCUT2D eigenvalue weighted by Crippen LogP contribution is 2.38. The molecule has 1 saturated heterocycles. The van der Waals surface area contributed by atoms with E-state index >= 15 is 0 Å². The first kappa shape index (κ1) is 16.2. The van der Waals surface area contributed by atoms with Crippen LogP contribution in [-0.2, 0) is 11.2 Å². The lowest BCUT2D eigenvalue weighted by molar-refractivity contribution is 0.0303. The number of morpholine rings is 1. The van der Waals surface area contributed by atoms with Gasteiger partial charge in [0.05, 0.1) is 18.9 Å². The van der Waals surface area contributed by atoms with Gasteiger partial charge in [0.15, 0.2) is 0 Å². The molecule has 1 aromatic carbocycles. The maximum Gasteiger partial charge on any atom is 0.254 e. The third kappa shape index (κ3) is 2.83. The first-order valence-corrected chi connectivity index (χ1v) is 8.83. The maximum atomic E-state index is 12.7. The van der Waals surface area contributed by atoms with E-state index in [0.29, 0.717) is 48.5 Å². The first-order chi connectivity index (χ1) is 12.0. The van der Waals surface area contributed by atoms with Gasteiger partial charge >= 0.3 is 0 Å². The summed E-state index contributed by atoms with van der Waals surface area (Å²) in [7, 11) is 0. The molecule has 1 aliphatic heterocycles. The molecule has 0 atom stereocenters. The molecule has 2 N–H and O–H groups in total. The van der Waals surface area contributed by atoms with Crippen molar-refractivity contribution in [2.45, 2.75) is 6.42 Å². The highest BCUT2D eigenvalue weighted by molar-refractivity contribution is 9.10. The first-order valence-electron chi connectivity index (χ1n) is 8.04. The Morgan fingerprint density at radius 3 is 2.68 bits per heavy atom. The average Bonchev–Trinajstić information content (AvgIpc) is 2.98. The molecule has 4 rings (SSSR count). The summed E-state index contributed by atoms with van der Waals surface area (Å²) in [6.45, 7) is 2.36. The van der Waals surface area contributed by atoms with Crippen molar-refractivity contribution in [3.05, 3.63) is 51.1 Å². The Morgan fingerprint density at radius 1 is 1.20 bits per heavy atom. The van der Waals surface area contributed by atoms with Crippen LogP contribution in [0.25, 0.3) is 11.3 Å². The lowest BCUT2D eigenvalue weighted by Crippen LogP contribution is -2.40. The molecule has 2 aliphatic rings. The van der Waals surface area contributed by atoms with Gasteiger partial charge in [-0.15, -0.1) is 0 Å². The Morgan fingerprint density at radius 2 is 1.96 bits per heavy atom. The minimum atomic E-state index is -0.475. The molecule has 1 fully saturated rings. The van der Waals surface area contributed by atoms with Crippen LogP contribution in [0.15, 0.2) is 28.9 Å². The Balaban J connectivity index is 1.71. The molecular formula is C18H16BrN3O3. The minimum absolute atomic E-state index is 0.00585. The van der Waals surface area contributed by atoms with E-state index < -0.39 is 5.91 Å². The van der Waals surface area contributed by atoms with E-state index in [-0.39, 0.29) is 5.91 Å². The van der Waals surface area contributed by atoms with Crippen molar-refractivity contribution in [1.82, 2.24) is 9.88 Å². The Kier molecular flexibility index (Phi) is 4.05. The number of halogens is 1. The Bertz CT molecular complexity index is 891. The number of hydrogen-bond donors (Lipinski definition) is 1. The van der Waals surface area contributed by atoms with Crippen LogP contribution in [0.4, 0.5) is 0 Å². The maximum absolute atomic E-state index is 12.7. The summed E-state index contributed by atoms with van der Waals surface area (Å²) >= 11 is 3.33. The molecule has 2 heterocycles. The lowest BCUT2D eigenvalue weighted by atomic mass is 10.0. The Labute approximate surface area is 153 Å². The summed E-state index contributed by atoms with van der Waals surface area (Å²) in [6.07, 6.45) is 0.549. The zero-order chi connectivity index (χ0) is 17.6. The quantitative estimate of drug-likeness (QED) is 0.665. The normalized spacial score (nSPS) is 15.6. The number of carbonyl (C=O) groups is 2. The molecule has 6 nitrogen and oxygen atoms in total. The summed E-state index contributed by atoms with van der Waals surface area (Å²) in [4.78, 5) is 30.7. The number of ether oxygens (including phenoxy) is 1. The number of nitrogens with two attached hydrogens (primary N) is 1. The largest absolute Gasteiger partial charge is 0.378 e. The van der Waals surface area contributed by atoms with Crippen LogP contribution >= 0.6 is 15.9 Å². The predicted octanol–water partition coefficient (Wildman–Crippen LogP) is 1.99. The third-order valence-corrected chi connectivity index (χ3v) is 5.04. The number of rotatable bonds is 2. The molecule has 128 valence electrons. The zero-order valence-corrected chi connectivity index (χ0v) is 15.0. The fourth-order valence-corrected chi connectivity index (χ4v) is 3.81. The molecule has 1 aliphatic carbocycles. The molecule has 25 heavy (non-hydrogen) atoms. The number of fused-ring (bicyclic) bond motifs is 3. The number of carbonyl (C=O) groups excluding carboxylic acids is 2. The number of primary amides is 1. The highest BCUT2D eigenvalue weighted by Gasteiger charge is 2.27. The van der Waals surface area contributed by atoms with E-state index in [0.717, 1.165) is 22.4 Å². The van der Waals surface area contributed by atoms with Gasteiger partial charge in [-0.1, -0.05) is 6.07 Å². The van der Waals surface area contributed by atoms with Gasteiger partial charge < -0.3 is 15.4 Å². The van der Waals surface area contributed by atoms with E-state index in [1.807, 2.05) is 18.2 Å². The number of hydrogen-bond acceptors (Lipinski definition) is 4. The van der Waals surface area contributed by atoms with Crippen molar-refractivity contribution >= 4 is 27.7 Å². The van der Waals surface area contributed by atoms with Crippen molar-refractivity contribution in [3.8, 4) is 11.3 Å². The molecular weight excluding hydrogens is 386 g/mol. The van der Waals surface area contributed by atoms with E-state index in [1.54, 1.807) is 11.0 Å². The van der Waals surface area contributed by atoms with Gasteiger partial charge in [0.1, 0.15) is 4.60 Å². The molecule has 0 saturated carbocycles. The number of aromatic nitrogens is 1. The Hall–Kier alpha value is -2.25. The van der Waals surface area contributed by atoms with Crippen LogP contribution in [0.3, 0.4) is 0 Å². The topological polar surface area (TPSA) is 85.5 Å². The predicted molar refractivity (Wildman–Crippen MR) is 95.4 cm³/mol. The monoisotopic (exact) mass is 401 g/mol. The van der Waals surface area contributed by atoms with Crippen molar-refractivity contribution in [2.24, 2.45) is 5.73 Å². The molecule has 7 heteroatoms. The van der Waals surface area contributed by atoms with Gasteiger partial charge in [0.2, 0.25) is 5.91 Å². The van der Waals surface area contributed by atoms with Gasteiger partial charge in [-0.25, -0.2) is 4.98 Å². The number of pyridine rings is 1. The summed E-state index contributed by atoms with van der Waals surface area (Å²) in [5.41, 5.74) is 10.1. The SMILES string of the molecule is NC(=O)c1cc(Br)nc2c1Cc1cc(C(=O)N3CCOCC3)ccc1-2. The van der Waals surface area contributed by atoms with Crippen LogP contribution in [0.5, 0.6) is 0 Å². The molecule has 2 amide bonds. The average molecular weight is 402 g/mol. The fourth-order valence-electron chi connectivity index (χ4n) is 3.41. The van der Waals surface area contributed by atoms with E-state index in [1.165, 1.54) is 0 Å². The molecule has 0 unspecified atom stereocenters. The van der Waals surface area contributed by atoms with Crippen molar-refractivity contribution in [2.75, 3.05) is 26.3 Å². The van der Waals surface area contributed by atoms with Crippen LogP contribution in [0.1, 0.15) is 31.8 Å². The van der Waals surface area contributed by atoms with Gasteiger partial charge in [-0.3, -0.25) is 9.59 Å². The molecule has 0 radical (unpaired) electrons. The standard InChI is InChI=1S/C18H16BrN3O3/c19-15-9-14(17(20)23)13-8-11-7-10(1-2-12(11)16(13)21-15)18(24)22-3-5-25-6-4-22/h1-2,7,9H,3-6,8H2,(H2,20,23). The van der Waals surface area contributed by atoms with Crippen LogP contribution in [0, 0.1) is 0 Å². The van der Waals surface area contributed by atoms with Crippen molar-refractivity contribution in [1.29, 1.82) is 0 Å². The van der Waals surface area contributed by atoms with Gasteiger partial charge in [0.25, 0.3) is 5.91 Å². The smallest absolute Gasteiger partial charge is 0.254 e. The fraction of sp³-hybridized carbons (Fsp3) is 0.278. The van der Waals surface area contributed by atoms with Gasteiger partial charge in [-0.05, 0) is 45.3 Å². The number of nitrogens with zero attached hydrogens (tertiary/aromatic N) is 2. The second kappa shape index (κ2) is 6.24. The summed E-state index contributed by atoms with van der Waals surface area (Å²) in [5.74, 6) is -0.469. The van der Waals surface area contributed by atoms with Crippen LogP contribution < -0.4 is 5.73 Å². The van der Waals surface area contributed by atoms with E-state index in [2.05, 4.69) is 20.9 Å². The van der Waals surface area contributed by atoms with Crippen LogP contribution in [0.2, 0.25) is 0 Å². The third-order valence-electron chi connectivity index (χ3n) is 4.63. The number of benzene rings is 1. The van der Waals surface area contributed by atoms with Gasteiger partial charge in [-0.2, -0.15) is 0 Å². The lowest BCUT2D eigenvalue weighted by Gasteiger charge is -2.27. The second-order valence-electron chi connectivity index (χ2n) is 6.14. The highest BCUT2D eigenvalue weighted by atomic mass is 79.9. The molecule has 0 spiro atoms. The second-order valence-corrected chi connectivity index (χ2v) is 6.95. The molecule has 2 aromatic rings. The minimum Gasteiger partial charge on any atom is -0.378 e. The van der Waals surface area contributed by atoms with E-state index in [9.17, 15) is 9.59 Å². The molecule has 0 bridgehead atoms. The van der Waals surface area contributed by atoms with Crippen molar-refractivity contribution in [3.63, 3.8) is 0 Å². The van der Waals surface area contributed by atoms with E-state index in [4.69, 9.17) is 10.5 Å². The summed E-state index contributed by atoms with van der Waals surface area (Å²) in [5, 5.41) is 0. The van der Waals surface area contributed by atoms with Crippen molar-refractivity contribution < 1.29 is 14.3 Å². The summed E-state index contributed by atoms with van der Waals surface area (Å²) < 4.78 is 5.87. The van der Waals surface area contributed by atoms with Gasteiger partial charge in [0, 0.05) is 36.2 Å². The van der Waals surface area contributed by atoms with Crippen LogP contribution in [-0.4, -0.2) is 48.0 Å². The zero-order valence-electron chi connectivity index (χ0n) is 13.4. The molecule has 1 aromatic heterocycles. The number of amides is 2.